The number of para-hydroxylation sites is 1. The first kappa shape index (κ1) is 14.2. The molecule has 0 aliphatic rings. The summed E-state index contributed by atoms with van der Waals surface area (Å²) in [5.41, 5.74) is 1.97. The van der Waals surface area contributed by atoms with Crippen LogP contribution in [0.15, 0.2) is 42.6 Å². The largest absolute Gasteiger partial charge is 0.309 e. The number of hydrogen-bond acceptors (Lipinski definition) is 4. The van der Waals surface area contributed by atoms with Crippen LogP contribution in [0.2, 0.25) is 0 Å². The summed E-state index contributed by atoms with van der Waals surface area (Å²) in [5.74, 6) is 0. The molecule has 2 heterocycles. The van der Waals surface area contributed by atoms with Gasteiger partial charge in [-0.1, -0.05) is 31.2 Å². The van der Waals surface area contributed by atoms with E-state index < -0.39 is 0 Å². The van der Waals surface area contributed by atoms with Crippen molar-refractivity contribution >= 4 is 22.2 Å². The summed E-state index contributed by atoms with van der Waals surface area (Å²) in [5, 5.41) is 5.64. The number of benzene rings is 1. The van der Waals surface area contributed by atoms with Crippen molar-refractivity contribution in [2.24, 2.45) is 0 Å². The third-order valence-corrected chi connectivity index (χ3v) is 4.67. The van der Waals surface area contributed by atoms with Gasteiger partial charge < -0.3 is 5.32 Å². The number of thiazole rings is 1. The Hall–Kier alpha value is -1.78. The van der Waals surface area contributed by atoms with Crippen LogP contribution in [0.3, 0.4) is 0 Å². The fourth-order valence-corrected chi connectivity index (χ4v) is 3.16. The molecular weight excluding hydrogens is 278 g/mol. The van der Waals surface area contributed by atoms with Gasteiger partial charge in [-0.25, -0.2) is 9.97 Å². The molecule has 108 valence electrons. The molecule has 1 N–H and O–H groups in total. The molecule has 1 unspecified atom stereocenters. The van der Waals surface area contributed by atoms with Crippen molar-refractivity contribution in [2.45, 2.75) is 26.3 Å². The Kier molecular flexibility index (Phi) is 4.27. The highest BCUT2D eigenvalue weighted by Crippen LogP contribution is 2.28. The van der Waals surface area contributed by atoms with Gasteiger partial charge in [-0.15, -0.1) is 11.3 Å². The number of rotatable bonds is 5. The normalized spacial score (nSPS) is 12.7. The van der Waals surface area contributed by atoms with Crippen LogP contribution < -0.4 is 5.32 Å². The van der Waals surface area contributed by atoms with Gasteiger partial charge in [0.05, 0.1) is 11.2 Å². The molecule has 3 aromatic rings. The number of fused-ring (bicyclic) bond motifs is 1. The van der Waals surface area contributed by atoms with E-state index in [9.17, 15) is 0 Å². The van der Waals surface area contributed by atoms with Crippen LogP contribution in [0, 0.1) is 0 Å². The first-order valence-electron chi connectivity index (χ1n) is 7.33. The smallest absolute Gasteiger partial charge is 0.142 e. The summed E-state index contributed by atoms with van der Waals surface area (Å²) < 4.78 is 0. The van der Waals surface area contributed by atoms with Crippen LogP contribution in [0.4, 0.5) is 0 Å². The topological polar surface area (TPSA) is 37.8 Å². The highest BCUT2D eigenvalue weighted by Gasteiger charge is 2.11. The lowest BCUT2D eigenvalue weighted by molar-refractivity contribution is 0.577. The minimum atomic E-state index is 0.344. The van der Waals surface area contributed by atoms with E-state index in [-0.39, 0.29) is 0 Å². The quantitative estimate of drug-likeness (QED) is 0.757. The average Bonchev–Trinajstić information content (AvgIpc) is 3.02. The maximum Gasteiger partial charge on any atom is 0.142 e. The van der Waals surface area contributed by atoms with Crippen molar-refractivity contribution < 1.29 is 0 Å². The van der Waals surface area contributed by atoms with Gasteiger partial charge in [0.15, 0.2) is 0 Å². The minimum absolute atomic E-state index is 0.344. The molecule has 3 rings (SSSR count). The van der Waals surface area contributed by atoms with E-state index in [1.807, 2.05) is 24.4 Å². The van der Waals surface area contributed by atoms with Gasteiger partial charge in [-0.2, -0.15) is 0 Å². The van der Waals surface area contributed by atoms with Crippen LogP contribution in [-0.4, -0.2) is 16.5 Å². The summed E-state index contributed by atoms with van der Waals surface area (Å²) in [6.07, 6.45) is 3.10. The van der Waals surface area contributed by atoms with Gasteiger partial charge in [0.25, 0.3) is 0 Å². The summed E-state index contributed by atoms with van der Waals surface area (Å²) in [7, 11) is 0. The van der Waals surface area contributed by atoms with Gasteiger partial charge in [0.1, 0.15) is 5.01 Å². The number of nitrogens with one attached hydrogen (secondary N) is 1. The molecule has 1 aromatic carbocycles. The zero-order chi connectivity index (χ0) is 14.7. The van der Waals surface area contributed by atoms with Crippen molar-refractivity contribution in [1.29, 1.82) is 0 Å². The van der Waals surface area contributed by atoms with Crippen LogP contribution in [-0.2, 0) is 0 Å². The maximum absolute atomic E-state index is 4.71. The Morgan fingerprint density at radius 2 is 2.05 bits per heavy atom. The third-order valence-electron chi connectivity index (χ3n) is 3.47. The summed E-state index contributed by atoms with van der Waals surface area (Å²) in [6, 6.07) is 12.7. The standard InChI is InChI=1S/C17H19N3S/c1-3-10-18-12(2)16-11-19-17(21-16)15-9-8-13-6-4-5-7-14(13)20-15/h4-9,11-12,18H,3,10H2,1-2H3. The molecule has 3 nitrogen and oxygen atoms in total. The van der Waals surface area contributed by atoms with Gasteiger partial charge in [-0.05, 0) is 32.0 Å². The number of pyridine rings is 1. The second kappa shape index (κ2) is 6.33. The summed E-state index contributed by atoms with van der Waals surface area (Å²) in [6.45, 7) is 5.39. The zero-order valence-electron chi connectivity index (χ0n) is 12.3. The summed E-state index contributed by atoms with van der Waals surface area (Å²) in [4.78, 5) is 10.5. The van der Waals surface area contributed by atoms with Gasteiger partial charge in [0.2, 0.25) is 0 Å². The predicted octanol–water partition coefficient (Wildman–Crippen LogP) is 4.42. The molecule has 0 saturated heterocycles. The highest BCUT2D eigenvalue weighted by molar-refractivity contribution is 7.15. The van der Waals surface area contributed by atoms with E-state index in [4.69, 9.17) is 4.98 Å². The molecule has 0 aliphatic carbocycles. The molecule has 0 spiro atoms. The molecule has 0 bridgehead atoms. The lowest BCUT2D eigenvalue weighted by Gasteiger charge is -2.09. The Morgan fingerprint density at radius 1 is 1.19 bits per heavy atom. The molecule has 4 heteroatoms. The van der Waals surface area contributed by atoms with Gasteiger partial charge >= 0.3 is 0 Å². The first-order chi connectivity index (χ1) is 10.3. The minimum Gasteiger partial charge on any atom is -0.309 e. The van der Waals surface area contributed by atoms with E-state index in [0.29, 0.717) is 6.04 Å². The van der Waals surface area contributed by atoms with Gasteiger partial charge in [0, 0.05) is 22.5 Å². The second-order valence-electron chi connectivity index (χ2n) is 5.13. The Morgan fingerprint density at radius 3 is 2.90 bits per heavy atom. The van der Waals surface area contributed by atoms with E-state index in [1.165, 1.54) is 4.88 Å². The highest BCUT2D eigenvalue weighted by atomic mass is 32.1. The van der Waals surface area contributed by atoms with Gasteiger partial charge in [-0.3, -0.25) is 0 Å². The molecule has 1 atom stereocenters. The predicted molar refractivity (Wildman–Crippen MR) is 89.6 cm³/mol. The van der Waals surface area contributed by atoms with Crippen LogP contribution in [0.1, 0.15) is 31.2 Å². The van der Waals surface area contributed by atoms with Crippen molar-refractivity contribution in [2.75, 3.05) is 6.54 Å². The van der Waals surface area contributed by atoms with Crippen LogP contribution in [0.25, 0.3) is 21.6 Å². The van der Waals surface area contributed by atoms with E-state index in [1.54, 1.807) is 11.3 Å². The Bertz CT molecular complexity index is 735. The SMILES string of the molecule is CCCNC(C)c1cnc(-c2ccc3ccccc3n2)s1. The average molecular weight is 297 g/mol. The lowest BCUT2D eigenvalue weighted by atomic mass is 10.2. The third kappa shape index (κ3) is 3.12. The monoisotopic (exact) mass is 297 g/mol. The molecular formula is C17H19N3S. The zero-order valence-corrected chi connectivity index (χ0v) is 13.2. The fourth-order valence-electron chi connectivity index (χ4n) is 2.25. The van der Waals surface area contributed by atoms with Crippen LogP contribution in [0.5, 0.6) is 0 Å². The molecule has 0 saturated carbocycles. The number of hydrogen-bond donors (Lipinski definition) is 1. The molecule has 0 fully saturated rings. The number of aromatic nitrogens is 2. The van der Waals surface area contributed by atoms with Crippen LogP contribution >= 0.6 is 11.3 Å². The molecule has 0 radical (unpaired) electrons. The molecule has 0 aliphatic heterocycles. The van der Waals surface area contributed by atoms with Crippen molar-refractivity contribution in [3.05, 3.63) is 47.5 Å². The fraction of sp³-hybridized carbons (Fsp3) is 0.294. The summed E-state index contributed by atoms with van der Waals surface area (Å²) >= 11 is 1.72. The van der Waals surface area contributed by atoms with Crippen molar-refractivity contribution in [1.82, 2.24) is 15.3 Å². The molecule has 21 heavy (non-hydrogen) atoms. The number of nitrogens with zero attached hydrogens (tertiary/aromatic N) is 2. The second-order valence-corrected chi connectivity index (χ2v) is 6.20. The Balaban J connectivity index is 1.87. The van der Waals surface area contributed by atoms with Crippen molar-refractivity contribution in [3.8, 4) is 10.7 Å². The van der Waals surface area contributed by atoms with E-state index in [2.05, 4.69) is 42.3 Å². The maximum atomic E-state index is 4.71. The van der Waals surface area contributed by atoms with E-state index >= 15 is 0 Å². The molecule has 2 aromatic heterocycles. The van der Waals surface area contributed by atoms with Crippen molar-refractivity contribution in [3.63, 3.8) is 0 Å². The molecule has 0 amide bonds. The van der Waals surface area contributed by atoms with E-state index in [0.717, 1.165) is 34.6 Å². The Labute approximate surface area is 129 Å². The first-order valence-corrected chi connectivity index (χ1v) is 8.15. The lowest BCUT2D eigenvalue weighted by Crippen LogP contribution is -2.18.